The van der Waals surface area contributed by atoms with E-state index in [1.54, 1.807) is 5.31 Å². The van der Waals surface area contributed by atoms with Crippen LogP contribution >= 0.6 is 15.8 Å². The summed E-state index contributed by atoms with van der Waals surface area (Å²) in [7, 11) is -0.697. The number of rotatable bonds is 5. The number of allylic oxidation sites excluding steroid dienone is 4. The molecule has 0 aromatic heterocycles. The van der Waals surface area contributed by atoms with Gasteiger partial charge in [-0.3, -0.25) is 0 Å². The summed E-state index contributed by atoms with van der Waals surface area (Å²) in [6, 6.07) is 22.3. The average molecular weight is 423 g/mol. The second kappa shape index (κ2) is 8.88. The first-order valence-corrected chi connectivity index (χ1v) is 13.4. The highest BCUT2D eigenvalue weighted by Crippen LogP contribution is 2.66. The molecule has 0 radical (unpaired) electrons. The van der Waals surface area contributed by atoms with Crippen molar-refractivity contribution in [3.05, 3.63) is 84.2 Å². The third-order valence-corrected chi connectivity index (χ3v) is 12.2. The molecule has 0 amide bonds. The topological polar surface area (TPSA) is 0 Å². The summed E-state index contributed by atoms with van der Waals surface area (Å²) in [5.74, 6) is 0.520. The van der Waals surface area contributed by atoms with E-state index in [0.29, 0.717) is 21.9 Å². The van der Waals surface area contributed by atoms with Crippen molar-refractivity contribution >= 4 is 26.5 Å². The molecule has 0 N–H and O–H groups in total. The van der Waals surface area contributed by atoms with Gasteiger partial charge in [-0.1, -0.05) is 135 Å². The maximum atomic E-state index is 2.51. The molecule has 2 aromatic carbocycles. The fourth-order valence-electron chi connectivity index (χ4n) is 5.11. The van der Waals surface area contributed by atoms with Gasteiger partial charge in [0, 0.05) is 5.92 Å². The van der Waals surface area contributed by atoms with Crippen molar-refractivity contribution < 1.29 is 0 Å². The summed E-state index contributed by atoms with van der Waals surface area (Å²) in [6.07, 6.45) is 7.22. The molecule has 3 rings (SSSR count). The fourth-order valence-corrected chi connectivity index (χ4v) is 12.9. The lowest BCUT2D eigenvalue weighted by molar-refractivity contribution is 0.658. The molecular weight excluding hydrogens is 386 g/mol. The van der Waals surface area contributed by atoms with Crippen molar-refractivity contribution in [2.45, 2.75) is 64.4 Å². The van der Waals surface area contributed by atoms with Gasteiger partial charge in [-0.05, 0) is 39.8 Å². The van der Waals surface area contributed by atoms with E-state index in [-0.39, 0.29) is 7.92 Å². The Hall–Kier alpha value is -1.22. The highest BCUT2D eigenvalue weighted by molar-refractivity contribution is 7.76. The number of hydrogen-bond acceptors (Lipinski definition) is 0. The largest absolute Gasteiger partial charge is 0.0918 e. The smallest absolute Gasteiger partial charge is 0.00971 e. The van der Waals surface area contributed by atoms with Gasteiger partial charge in [0.05, 0.1) is 0 Å². The first kappa shape index (κ1) is 22.5. The van der Waals surface area contributed by atoms with Crippen LogP contribution in [0.15, 0.2) is 84.2 Å². The first-order chi connectivity index (χ1) is 13.6. The summed E-state index contributed by atoms with van der Waals surface area (Å²) in [6.45, 7) is 17.2. The highest BCUT2D eigenvalue weighted by atomic mass is 31.1. The Morgan fingerprint density at radius 1 is 0.724 bits per heavy atom. The predicted octanol–water partition coefficient (Wildman–Crippen LogP) is 7.66. The maximum Gasteiger partial charge on any atom is 0.00971 e. The van der Waals surface area contributed by atoms with Crippen molar-refractivity contribution in [1.29, 1.82) is 0 Å². The van der Waals surface area contributed by atoms with Gasteiger partial charge >= 0.3 is 0 Å². The Balaban J connectivity index is 2.04. The zero-order valence-electron chi connectivity index (χ0n) is 19.1. The molecule has 2 atom stereocenters. The van der Waals surface area contributed by atoms with E-state index in [9.17, 15) is 0 Å². The van der Waals surface area contributed by atoms with Crippen LogP contribution in [0.2, 0.25) is 0 Å². The molecule has 1 aliphatic carbocycles. The lowest BCUT2D eigenvalue weighted by Crippen LogP contribution is -2.34. The van der Waals surface area contributed by atoms with Crippen LogP contribution in [0.4, 0.5) is 0 Å². The molecule has 0 heterocycles. The zero-order valence-corrected chi connectivity index (χ0v) is 20.8. The lowest BCUT2D eigenvalue weighted by Gasteiger charge is -2.48. The minimum Gasteiger partial charge on any atom is -0.0918 e. The van der Waals surface area contributed by atoms with Gasteiger partial charge in [-0.15, -0.1) is 0 Å². The van der Waals surface area contributed by atoms with E-state index in [0.717, 1.165) is 0 Å². The van der Waals surface area contributed by atoms with Gasteiger partial charge in [0.25, 0.3) is 0 Å². The summed E-state index contributed by atoms with van der Waals surface area (Å²) in [5, 5.41) is 5.19. The van der Waals surface area contributed by atoms with Crippen LogP contribution in [0.5, 0.6) is 0 Å². The molecule has 0 saturated heterocycles. The molecule has 0 nitrogen and oxygen atoms in total. The maximum absolute atomic E-state index is 2.51. The van der Waals surface area contributed by atoms with Gasteiger partial charge < -0.3 is 0 Å². The van der Waals surface area contributed by atoms with Crippen LogP contribution in [0, 0.1) is 5.92 Å². The molecule has 0 unspecified atom stereocenters. The van der Waals surface area contributed by atoms with Crippen molar-refractivity contribution in [3.8, 4) is 0 Å². The minimum atomic E-state index is -0.511. The number of hydrogen-bond donors (Lipinski definition) is 0. The summed E-state index contributed by atoms with van der Waals surface area (Å²) >= 11 is 0. The molecular formula is C27H36P2. The molecule has 0 aliphatic heterocycles. The van der Waals surface area contributed by atoms with Crippen molar-refractivity contribution in [1.82, 2.24) is 0 Å². The van der Waals surface area contributed by atoms with E-state index in [1.165, 1.54) is 10.6 Å². The van der Waals surface area contributed by atoms with Crippen LogP contribution in [-0.4, -0.2) is 16.0 Å². The van der Waals surface area contributed by atoms with Crippen LogP contribution in [0.1, 0.15) is 48.5 Å². The molecule has 0 spiro atoms. The SMILES string of the molecule is C[C@H]([C@@H]1C=CC=C1P(c1ccccc1)c1ccccc1)P(C(C)(C)C)C(C)(C)C. The molecule has 154 valence electrons. The quantitative estimate of drug-likeness (QED) is 0.434. The summed E-state index contributed by atoms with van der Waals surface area (Å²) < 4.78 is 0. The van der Waals surface area contributed by atoms with Gasteiger partial charge in [0.2, 0.25) is 0 Å². The molecule has 2 heteroatoms. The lowest BCUT2D eigenvalue weighted by atomic mass is 10.1. The number of benzene rings is 2. The van der Waals surface area contributed by atoms with E-state index in [2.05, 4.69) is 127 Å². The van der Waals surface area contributed by atoms with Gasteiger partial charge in [0.15, 0.2) is 0 Å². The van der Waals surface area contributed by atoms with Crippen LogP contribution in [0.3, 0.4) is 0 Å². The predicted molar refractivity (Wildman–Crippen MR) is 136 cm³/mol. The standard InChI is InChI=1S/C27H36P2/c1-21(29(26(2,3)4)27(5,6)7)24-19-14-20-25(24)28(22-15-10-8-11-16-22)23-17-12-9-13-18-23/h8-21,24H,1-7H3/t21-,24+/m1/s1. The molecule has 2 aromatic rings. The Kier molecular flexibility index (Phi) is 6.88. The van der Waals surface area contributed by atoms with Crippen molar-refractivity contribution in [2.24, 2.45) is 5.92 Å². The Morgan fingerprint density at radius 2 is 1.17 bits per heavy atom. The molecule has 0 fully saturated rings. The second-order valence-corrected chi connectivity index (χ2v) is 16.4. The van der Waals surface area contributed by atoms with E-state index < -0.39 is 7.92 Å². The van der Waals surface area contributed by atoms with Gasteiger partial charge in [-0.2, -0.15) is 0 Å². The monoisotopic (exact) mass is 422 g/mol. The van der Waals surface area contributed by atoms with E-state index in [1.807, 2.05) is 0 Å². The molecule has 29 heavy (non-hydrogen) atoms. The van der Waals surface area contributed by atoms with Crippen LogP contribution < -0.4 is 10.6 Å². The zero-order chi connectivity index (χ0) is 21.2. The molecule has 0 saturated carbocycles. The minimum absolute atomic E-state index is 0.186. The Bertz CT molecular complexity index is 797. The average Bonchev–Trinajstić information content (AvgIpc) is 3.11. The molecule has 1 aliphatic rings. The Labute approximate surface area is 181 Å². The normalized spacial score (nSPS) is 18.4. The second-order valence-electron chi connectivity index (χ2n) is 9.96. The van der Waals surface area contributed by atoms with Crippen LogP contribution in [-0.2, 0) is 0 Å². The van der Waals surface area contributed by atoms with E-state index >= 15 is 0 Å². The molecule has 0 bridgehead atoms. The van der Waals surface area contributed by atoms with Crippen LogP contribution in [0.25, 0.3) is 0 Å². The van der Waals surface area contributed by atoms with Gasteiger partial charge in [0.1, 0.15) is 0 Å². The van der Waals surface area contributed by atoms with E-state index in [4.69, 9.17) is 0 Å². The summed E-state index contributed by atoms with van der Waals surface area (Å²) in [4.78, 5) is 0. The van der Waals surface area contributed by atoms with Crippen molar-refractivity contribution in [3.63, 3.8) is 0 Å². The van der Waals surface area contributed by atoms with Gasteiger partial charge in [-0.25, -0.2) is 0 Å². The third kappa shape index (κ3) is 5.10. The van der Waals surface area contributed by atoms with Crippen molar-refractivity contribution in [2.75, 3.05) is 0 Å². The third-order valence-electron chi connectivity index (χ3n) is 5.59. The first-order valence-electron chi connectivity index (χ1n) is 10.7. The fraction of sp³-hybridized carbons (Fsp3) is 0.407. The highest BCUT2D eigenvalue weighted by Gasteiger charge is 2.42. The Morgan fingerprint density at radius 3 is 1.59 bits per heavy atom. The summed E-state index contributed by atoms with van der Waals surface area (Å²) in [5.41, 5.74) is 0.646.